The second-order valence-corrected chi connectivity index (χ2v) is 2.28. The van der Waals surface area contributed by atoms with Crippen molar-refractivity contribution in [3.63, 3.8) is 0 Å². The molecule has 7 heteroatoms. The molecule has 1 heterocycles. The molecule has 70 valence electrons. The molecule has 0 radical (unpaired) electrons. The predicted octanol–water partition coefficient (Wildman–Crippen LogP) is -0.995. The van der Waals surface area contributed by atoms with Gasteiger partial charge in [0.25, 0.3) is 0 Å². The van der Waals surface area contributed by atoms with Gasteiger partial charge in [0.05, 0.1) is 12.7 Å². The van der Waals surface area contributed by atoms with Crippen molar-refractivity contribution in [1.82, 2.24) is 10.2 Å². The molecule has 0 aliphatic carbocycles. The molecular weight excluding hydrogens is 176 g/mol. The number of carboxylic acids is 1. The average molecular weight is 184 g/mol. The number of hydrogen-bond acceptors (Lipinski definition) is 4. The molecule has 0 bridgehead atoms. The maximum Gasteiger partial charge on any atom is 0.341 e. The van der Waals surface area contributed by atoms with Crippen molar-refractivity contribution >= 4 is 17.7 Å². The zero-order valence-electron chi connectivity index (χ0n) is 6.57. The highest BCUT2D eigenvalue weighted by Crippen LogP contribution is 2.09. The van der Waals surface area contributed by atoms with Crippen LogP contribution in [0, 0.1) is 0 Å². The lowest BCUT2D eigenvalue weighted by molar-refractivity contribution is -0.116. The van der Waals surface area contributed by atoms with E-state index in [9.17, 15) is 9.59 Å². The minimum atomic E-state index is -1.12. The van der Waals surface area contributed by atoms with Crippen LogP contribution in [-0.4, -0.2) is 33.7 Å². The van der Waals surface area contributed by atoms with Crippen molar-refractivity contribution in [2.45, 2.75) is 0 Å². The second-order valence-electron chi connectivity index (χ2n) is 2.28. The lowest BCUT2D eigenvalue weighted by atomic mass is 10.3. The van der Waals surface area contributed by atoms with E-state index in [0.717, 1.165) is 6.20 Å². The standard InChI is InChI=1S/C6H8N4O3/c7-4(11)2-8-5-3(6(12)13)1-9-10-5/h1H,2H2,(H2,7,11)(H,12,13)(H2,8,9,10). The fraction of sp³-hybridized carbons (Fsp3) is 0.167. The number of aromatic amines is 1. The monoisotopic (exact) mass is 184 g/mol. The van der Waals surface area contributed by atoms with E-state index in [1.54, 1.807) is 0 Å². The Morgan fingerprint density at radius 2 is 2.38 bits per heavy atom. The molecule has 0 atom stereocenters. The number of amides is 1. The molecule has 1 rings (SSSR count). The topological polar surface area (TPSA) is 121 Å². The van der Waals surface area contributed by atoms with E-state index < -0.39 is 11.9 Å². The minimum absolute atomic E-state index is 0.0266. The van der Waals surface area contributed by atoms with E-state index >= 15 is 0 Å². The van der Waals surface area contributed by atoms with Crippen LogP contribution < -0.4 is 11.1 Å². The molecule has 0 aliphatic heterocycles. The molecule has 7 nitrogen and oxygen atoms in total. The van der Waals surface area contributed by atoms with Crippen molar-refractivity contribution in [2.75, 3.05) is 11.9 Å². The smallest absolute Gasteiger partial charge is 0.341 e. The first kappa shape index (κ1) is 9.04. The van der Waals surface area contributed by atoms with Gasteiger partial charge < -0.3 is 16.2 Å². The highest BCUT2D eigenvalue weighted by Gasteiger charge is 2.11. The van der Waals surface area contributed by atoms with Crippen LogP contribution in [0.2, 0.25) is 0 Å². The average Bonchev–Trinajstić information content (AvgIpc) is 2.47. The van der Waals surface area contributed by atoms with Crippen LogP contribution in [0.15, 0.2) is 6.20 Å². The largest absolute Gasteiger partial charge is 0.477 e. The first-order chi connectivity index (χ1) is 6.11. The number of carboxylic acid groups (broad SMARTS) is 1. The number of nitrogens with two attached hydrogens (primary N) is 1. The van der Waals surface area contributed by atoms with Gasteiger partial charge in [-0.1, -0.05) is 0 Å². The zero-order chi connectivity index (χ0) is 9.84. The number of carbonyl (C=O) groups is 2. The van der Waals surface area contributed by atoms with Crippen molar-refractivity contribution in [3.05, 3.63) is 11.8 Å². The lowest BCUT2D eigenvalue weighted by Crippen LogP contribution is -2.22. The Labute approximate surface area is 72.9 Å². The first-order valence-corrected chi connectivity index (χ1v) is 3.40. The van der Waals surface area contributed by atoms with Crippen LogP contribution in [0.25, 0.3) is 0 Å². The van der Waals surface area contributed by atoms with Gasteiger partial charge in [0.2, 0.25) is 5.91 Å². The van der Waals surface area contributed by atoms with Gasteiger partial charge in [-0.05, 0) is 0 Å². The van der Waals surface area contributed by atoms with Crippen LogP contribution >= 0.6 is 0 Å². The second kappa shape index (κ2) is 3.57. The van der Waals surface area contributed by atoms with E-state index in [2.05, 4.69) is 15.5 Å². The van der Waals surface area contributed by atoms with Gasteiger partial charge in [-0.2, -0.15) is 5.10 Å². The Balaban J connectivity index is 2.71. The molecule has 0 spiro atoms. The van der Waals surface area contributed by atoms with E-state index in [1.165, 1.54) is 0 Å². The van der Waals surface area contributed by atoms with E-state index in [0.29, 0.717) is 0 Å². The molecule has 0 aliphatic rings. The van der Waals surface area contributed by atoms with Crippen LogP contribution in [0.3, 0.4) is 0 Å². The summed E-state index contributed by atoms with van der Waals surface area (Å²) < 4.78 is 0. The molecule has 1 amide bonds. The van der Waals surface area contributed by atoms with Gasteiger partial charge in [0.1, 0.15) is 11.4 Å². The fourth-order valence-electron chi connectivity index (χ4n) is 0.759. The summed E-state index contributed by atoms with van der Waals surface area (Å²) in [6.07, 6.45) is 1.14. The molecule has 0 unspecified atom stereocenters. The maximum absolute atomic E-state index is 10.5. The zero-order valence-corrected chi connectivity index (χ0v) is 6.57. The van der Waals surface area contributed by atoms with Gasteiger partial charge in [0, 0.05) is 0 Å². The van der Waals surface area contributed by atoms with E-state index in [4.69, 9.17) is 10.8 Å². The molecule has 1 aromatic heterocycles. The number of anilines is 1. The highest BCUT2D eigenvalue weighted by atomic mass is 16.4. The normalized spacial score (nSPS) is 9.54. The Morgan fingerprint density at radius 3 is 2.92 bits per heavy atom. The van der Waals surface area contributed by atoms with Crippen molar-refractivity contribution in [3.8, 4) is 0 Å². The van der Waals surface area contributed by atoms with Gasteiger partial charge in [0.15, 0.2) is 0 Å². The van der Waals surface area contributed by atoms with Crippen molar-refractivity contribution in [1.29, 1.82) is 0 Å². The Hall–Kier alpha value is -2.05. The number of nitrogens with zero attached hydrogens (tertiary/aromatic N) is 1. The summed E-state index contributed by atoms with van der Waals surface area (Å²) in [6.45, 7) is -0.136. The first-order valence-electron chi connectivity index (χ1n) is 3.40. The fourth-order valence-corrected chi connectivity index (χ4v) is 0.759. The third-order valence-corrected chi connectivity index (χ3v) is 1.31. The SMILES string of the molecule is NC(=O)CNc1[nH]ncc1C(=O)O. The number of hydrogen-bond donors (Lipinski definition) is 4. The number of carbonyl (C=O) groups excluding carboxylic acids is 1. The lowest BCUT2D eigenvalue weighted by Gasteiger charge is -2.00. The Bertz CT molecular complexity index is 332. The predicted molar refractivity (Wildman–Crippen MR) is 43.2 cm³/mol. The molecular formula is C6H8N4O3. The number of rotatable bonds is 4. The summed E-state index contributed by atoms with van der Waals surface area (Å²) in [4.78, 5) is 20.9. The molecule has 5 N–H and O–H groups in total. The number of nitrogens with one attached hydrogen (secondary N) is 2. The molecule has 13 heavy (non-hydrogen) atoms. The van der Waals surface area contributed by atoms with Crippen molar-refractivity contribution < 1.29 is 14.7 Å². The molecule has 1 aromatic rings. The Morgan fingerprint density at radius 1 is 1.69 bits per heavy atom. The summed E-state index contributed by atoms with van der Waals surface area (Å²) in [5.74, 6) is -1.53. The van der Waals surface area contributed by atoms with Crippen LogP contribution in [0.4, 0.5) is 5.82 Å². The van der Waals surface area contributed by atoms with Crippen LogP contribution in [0.1, 0.15) is 10.4 Å². The van der Waals surface area contributed by atoms with E-state index in [1.807, 2.05) is 0 Å². The summed E-state index contributed by atoms with van der Waals surface area (Å²) >= 11 is 0. The number of aromatic nitrogens is 2. The van der Waals surface area contributed by atoms with Gasteiger partial charge in [-0.15, -0.1) is 0 Å². The Kier molecular flexibility index (Phi) is 2.48. The van der Waals surface area contributed by atoms with Crippen LogP contribution in [0.5, 0.6) is 0 Å². The summed E-state index contributed by atoms with van der Waals surface area (Å²) in [5, 5.41) is 17.0. The van der Waals surface area contributed by atoms with Crippen LogP contribution in [-0.2, 0) is 4.79 Å². The minimum Gasteiger partial charge on any atom is -0.477 e. The number of primary amides is 1. The number of H-pyrrole nitrogens is 1. The maximum atomic E-state index is 10.5. The van der Waals surface area contributed by atoms with Gasteiger partial charge in [-0.3, -0.25) is 9.89 Å². The number of aromatic carboxylic acids is 1. The van der Waals surface area contributed by atoms with Gasteiger partial charge >= 0.3 is 5.97 Å². The third-order valence-electron chi connectivity index (χ3n) is 1.31. The highest BCUT2D eigenvalue weighted by molar-refractivity contribution is 5.93. The third kappa shape index (κ3) is 2.19. The van der Waals surface area contributed by atoms with Gasteiger partial charge in [-0.25, -0.2) is 4.79 Å². The summed E-state index contributed by atoms with van der Waals surface area (Å²) in [6, 6.07) is 0. The molecule has 0 fully saturated rings. The molecule has 0 saturated heterocycles. The molecule has 0 aromatic carbocycles. The quantitative estimate of drug-likeness (QED) is 0.478. The molecule has 0 saturated carbocycles. The van der Waals surface area contributed by atoms with E-state index in [-0.39, 0.29) is 17.9 Å². The summed E-state index contributed by atoms with van der Waals surface area (Å²) in [5.41, 5.74) is 4.83. The summed E-state index contributed by atoms with van der Waals surface area (Å²) in [7, 11) is 0. The van der Waals surface area contributed by atoms with Crippen molar-refractivity contribution in [2.24, 2.45) is 5.73 Å².